The lowest BCUT2D eigenvalue weighted by Gasteiger charge is -2.14. The van der Waals surface area contributed by atoms with E-state index in [1.54, 1.807) is 31.2 Å². The van der Waals surface area contributed by atoms with Gasteiger partial charge in [0.05, 0.1) is 28.2 Å². The second-order valence-electron chi connectivity index (χ2n) is 7.68. The highest BCUT2D eigenvalue weighted by atomic mass is 127. The molecule has 0 radical (unpaired) electrons. The Balaban J connectivity index is 1.75. The van der Waals surface area contributed by atoms with Crippen molar-refractivity contribution in [3.63, 3.8) is 0 Å². The fraction of sp³-hybridized carbons (Fsp3) is 0.182. The Hall–Kier alpha value is -3.53. The van der Waals surface area contributed by atoms with E-state index in [9.17, 15) is 22.8 Å². The maximum absolute atomic E-state index is 13.5. The number of carbonyl (C=O) groups is 2. The number of halogens is 5. The molecule has 0 aliphatic carbocycles. The van der Waals surface area contributed by atoms with Crippen LogP contribution in [-0.4, -0.2) is 48.6 Å². The predicted octanol–water partition coefficient (Wildman–Crippen LogP) is 4.10. The van der Waals surface area contributed by atoms with E-state index >= 15 is 0 Å². The second-order valence-corrected chi connectivity index (χ2v) is 9.33. The van der Waals surface area contributed by atoms with Crippen LogP contribution in [0.15, 0.2) is 42.7 Å². The normalized spacial score (nSPS) is 11.4. The number of hydrogen-bond donors (Lipinski definition) is 2. The minimum absolute atomic E-state index is 0.0281. The molecule has 0 atom stereocenters. The smallest absolute Gasteiger partial charge is 0.355 e. The van der Waals surface area contributed by atoms with E-state index < -0.39 is 23.7 Å². The summed E-state index contributed by atoms with van der Waals surface area (Å²) in [6, 6.07) is 7.92. The summed E-state index contributed by atoms with van der Waals surface area (Å²) in [6.07, 6.45) is -2.61. The van der Waals surface area contributed by atoms with Crippen molar-refractivity contribution in [3.05, 3.63) is 79.5 Å². The summed E-state index contributed by atoms with van der Waals surface area (Å²) >= 11 is 8.35. The topological polar surface area (TPSA) is 120 Å². The number of hydrogen-bond acceptors (Lipinski definition) is 6. The zero-order chi connectivity index (χ0) is 26.9. The number of alkyl halides is 3. The predicted molar refractivity (Wildman–Crippen MR) is 136 cm³/mol. The average Bonchev–Trinajstić information content (AvgIpc) is 3.48. The summed E-state index contributed by atoms with van der Waals surface area (Å²) in [7, 11) is 1.47. The number of aromatic nitrogens is 6. The van der Waals surface area contributed by atoms with Crippen LogP contribution in [0.1, 0.15) is 37.8 Å². The first-order valence-electron chi connectivity index (χ1n) is 10.5. The van der Waals surface area contributed by atoms with Crippen molar-refractivity contribution in [2.45, 2.75) is 19.6 Å². The molecule has 1 aromatic carbocycles. The van der Waals surface area contributed by atoms with Gasteiger partial charge in [-0.2, -0.15) is 28.2 Å². The van der Waals surface area contributed by atoms with Gasteiger partial charge in [0.2, 0.25) is 0 Å². The van der Waals surface area contributed by atoms with Gasteiger partial charge in [-0.05, 0) is 65.4 Å². The third-order valence-electron chi connectivity index (χ3n) is 5.07. The Morgan fingerprint density at radius 3 is 2.57 bits per heavy atom. The van der Waals surface area contributed by atoms with Crippen LogP contribution in [0.4, 0.5) is 18.9 Å². The number of carbonyl (C=O) groups excluding carboxylic acids is 2. The molecule has 4 aromatic rings. The maximum atomic E-state index is 13.5. The maximum Gasteiger partial charge on any atom is 0.436 e. The van der Waals surface area contributed by atoms with Gasteiger partial charge < -0.3 is 10.6 Å². The van der Waals surface area contributed by atoms with Crippen LogP contribution >= 0.6 is 34.2 Å². The molecule has 10 nitrogen and oxygen atoms in total. The van der Waals surface area contributed by atoms with Gasteiger partial charge in [-0.3, -0.25) is 9.59 Å². The summed E-state index contributed by atoms with van der Waals surface area (Å²) in [4.78, 5) is 30.9. The van der Waals surface area contributed by atoms with Crippen molar-refractivity contribution >= 4 is 51.7 Å². The molecule has 0 unspecified atom stereocenters. The minimum atomic E-state index is -4.65. The molecule has 15 heteroatoms. The molecule has 0 aliphatic heterocycles. The molecule has 37 heavy (non-hydrogen) atoms. The van der Waals surface area contributed by atoms with Crippen LogP contribution in [-0.2, 0) is 12.7 Å². The van der Waals surface area contributed by atoms with E-state index in [2.05, 4.69) is 53.5 Å². The van der Waals surface area contributed by atoms with Crippen molar-refractivity contribution in [2.24, 2.45) is 0 Å². The molecular weight excluding hydrogens is 628 g/mol. The van der Waals surface area contributed by atoms with Gasteiger partial charge in [0.15, 0.2) is 11.5 Å². The molecule has 192 valence electrons. The Morgan fingerprint density at radius 2 is 1.92 bits per heavy atom. The first-order chi connectivity index (χ1) is 17.5. The lowest BCUT2D eigenvalue weighted by atomic mass is 10.1. The SMILES string of the molecule is CNC(=O)c1cc(I)cc(C)c1NC(=O)c1cc(Cn2ncc(C(F)(F)F)n2)nn1-c1ncccc1Cl. The van der Waals surface area contributed by atoms with Crippen LogP contribution in [0.5, 0.6) is 0 Å². The number of anilines is 1. The van der Waals surface area contributed by atoms with Gasteiger partial charge in [-0.25, -0.2) is 9.67 Å². The Bertz CT molecular complexity index is 1500. The average molecular weight is 645 g/mol. The van der Waals surface area contributed by atoms with Gasteiger partial charge in [0.1, 0.15) is 12.2 Å². The zero-order valence-corrected chi connectivity index (χ0v) is 22.1. The monoisotopic (exact) mass is 644 g/mol. The van der Waals surface area contributed by atoms with E-state index in [0.717, 1.165) is 8.37 Å². The van der Waals surface area contributed by atoms with E-state index in [-0.39, 0.29) is 40.0 Å². The van der Waals surface area contributed by atoms with Gasteiger partial charge in [0, 0.05) is 16.8 Å². The number of rotatable bonds is 6. The van der Waals surface area contributed by atoms with Crippen molar-refractivity contribution in [1.29, 1.82) is 0 Å². The summed E-state index contributed by atoms with van der Waals surface area (Å²) < 4.78 is 40.7. The van der Waals surface area contributed by atoms with Crippen LogP contribution in [0.3, 0.4) is 0 Å². The van der Waals surface area contributed by atoms with Crippen LogP contribution in [0, 0.1) is 10.5 Å². The van der Waals surface area contributed by atoms with Crippen LogP contribution in [0.25, 0.3) is 5.82 Å². The summed E-state index contributed by atoms with van der Waals surface area (Å²) in [5.74, 6) is -0.931. The molecule has 3 heterocycles. The Kier molecular flexibility index (Phi) is 7.49. The van der Waals surface area contributed by atoms with Crippen LogP contribution < -0.4 is 10.6 Å². The zero-order valence-electron chi connectivity index (χ0n) is 19.1. The second kappa shape index (κ2) is 10.5. The number of benzene rings is 1. The van der Waals surface area contributed by atoms with Gasteiger partial charge in [0.25, 0.3) is 11.8 Å². The van der Waals surface area contributed by atoms with Gasteiger partial charge >= 0.3 is 6.18 Å². The molecule has 2 N–H and O–H groups in total. The van der Waals surface area contributed by atoms with Crippen molar-refractivity contribution in [3.8, 4) is 5.82 Å². The number of aryl methyl sites for hydroxylation is 1. The van der Waals surface area contributed by atoms with Crippen LogP contribution in [0.2, 0.25) is 5.02 Å². The molecule has 0 saturated heterocycles. The minimum Gasteiger partial charge on any atom is -0.355 e. The number of amides is 2. The molecule has 2 amide bonds. The fourth-order valence-corrected chi connectivity index (χ4v) is 4.39. The standard InChI is InChI=1S/C22H17ClF3IN8O2/c1-11-6-12(27)7-14(20(36)28-2)18(11)31-21(37)16-8-13(10-34-30-9-17(33-34)22(24,25)26)32-35(16)19-15(23)4-3-5-29-19/h3-9H,10H2,1-2H3,(H,28,36)(H,31,37). The van der Waals surface area contributed by atoms with Crippen molar-refractivity contribution in [2.75, 3.05) is 12.4 Å². The lowest BCUT2D eigenvalue weighted by Crippen LogP contribution is -2.23. The summed E-state index contributed by atoms with van der Waals surface area (Å²) in [5, 5.41) is 16.8. The molecule has 0 aliphatic rings. The van der Waals surface area contributed by atoms with E-state index in [0.29, 0.717) is 11.8 Å². The Labute approximate surface area is 226 Å². The van der Waals surface area contributed by atoms with Crippen molar-refractivity contribution in [1.82, 2.24) is 35.1 Å². The first-order valence-corrected chi connectivity index (χ1v) is 11.9. The molecule has 0 saturated carbocycles. The van der Waals surface area contributed by atoms with E-state index in [1.807, 2.05) is 0 Å². The fourth-order valence-electron chi connectivity index (χ4n) is 3.41. The lowest BCUT2D eigenvalue weighted by molar-refractivity contribution is -0.141. The van der Waals surface area contributed by atoms with Gasteiger partial charge in [-0.1, -0.05) is 11.6 Å². The molecule has 0 bridgehead atoms. The Morgan fingerprint density at radius 1 is 1.16 bits per heavy atom. The highest BCUT2D eigenvalue weighted by molar-refractivity contribution is 14.1. The van der Waals surface area contributed by atoms with E-state index in [1.165, 1.54) is 24.0 Å². The number of nitrogens with one attached hydrogen (secondary N) is 2. The molecule has 0 spiro atoms. The van der Waals surface area contributed by atoms with Gasteiger partial charge in [-0.15, -0.1) is 5.10 Å². The quantitative estimate of drug-likeness (QED) is 0.305. The van der Waals surface area contributed by atoms with Crippen molar-refractivity contribution < 1.29 is 22.8 Å². The number of nitrogens with zero attached hydrogens (tertiary/aromatic N) is 6. The highest BCUT2D eigenvalue weighted by Crippen LogP contribution is 2.28. The molecular formula is C22H17ClF3IN8O2. The third kappa shape index (κ3) is 5.74. The molecule has 4 rings (SSSR count). The molecule has 0 fully saturated rings. The first kappa shape index (κ1) is 26.5. The summed E-state index contributed by atoms with van der Waals surface area (Å²) in [5.41, 5.74) is 0.161. The third-order valence-corrected chi connectivity index (χ3v) is 5.99. The highest BCUT2D eigenvalue weighted by Gasteiger charge is 2.34. The number of pyridine rings is 1. The summed E-state index contributed by atoms with van der Waals surface area (Å²) in [6.45, 7) is 1.48. The molecule has 3 aromatic heterocycles. The largest absolute Gasteiger partial charge is 0.436 e. The van der Waals surface area contributed by atoms with E-state index in [4.69, 9.17) is 11.6 Å².